The predicted octanol–water partition coefficient (Wildman–Crippen LogP) is 2.78. The van der Waals surface area contributed by atoms with E-state index in [0.29, 0.717) is 11.1 Å². The number of aliphatic hydroxyl groups is 1. The Morgan fingerprint density at radius 2 is 1.88 bits per heavy atom. The van der Waals surface area contributed by atoms with Crippen molar-refractivity contribution < 1.29 is 15.0 Å². The molecule has 1 atom stereocenters. The first kappa shape index (κ1) is 13.2. The maximum atomic E-state index is 10.4. The summed E-state index contributed by atoms with van der Waals surface area (Å²) in [6.07, 6.45) is 1.17. The summed E-state index contributed by atoms with van der Waals surface area (Å²) in [6, 6.07) is 7.26. The largest absolute Gasteiger partial charge is 0.481 e. The lowest BCUT2D eigenvalue weighted by Crippen LogP contribution is -2.03. The van der Waals surface area contributed by atoms with Gasteiger partial charge in [0.05, 0.1) is 6.10 Å². The average Bonchev–Trinajstić information content (AvgIpc) is 2.35. The van der Waals surface area contributed by atoms with Crippen molar-refractivity contribution in [2.45, 2.75) is 18.9 Å². The second-order valence-electron chi connectivity index (χ2n) is 3.83. The van der Waals surface area contributed by atoms with Gasteiger partial charge < -0.3 is 10.2 Å². The van der Waals surface area contributed by atoms with E-state index in [2.05, 4.69) is 13.2 Å². The molecule has 0 heterocycles. The molecule has 0 saturated heterocycles. The van der Waals surface area contributed by atoms with Crippen LogP contribution in [0.5, 0.6) is 0 Å². The molecular weight excluding hydrogens is 216 g/mol. The van der Waals surface area contributed by atoms with E-state index in [9.17, 15) is 9.90 Å². The zero-order valence-electron chi connectivity index (χ0n) is 9.60. The smallest absolute Gasteiger partial charge is 0.303 e. The van der Waals surface area contributed by atoms with Crippen LogP contribution in [0.2, 0.25) is 0 Å². The Labute approximate surface area is 101 Å². The van der Waals surface area contributed by atoms with Crippen molar-refractivity contribution >= 4 is 12.0 Å². The van der Waals surface area contributed by atoms with Crippen LogP contribution < -0.4 is 0 Å². The fraction of sp³-hybridized carbons (Fsp3) is 0.214. The molecule has 17 heavy (non-hydrogen) atoms. The van der Waals surface area contributed by atoms with Gasteiger partial charge >= 0.3 is 5.97 Å². The second kappa shape index (κ2) is 6.01. The molecule has 1 rings (SSSR count). The molecule has 0 aromatic heterocycles. The van der Waals surface area contributed by atoms with Crippen molar-refractivity contribution in [3.05, 3.63) is 54.1 Å². The Bertz CT molecular complexity index is 418. The number of benzene rings is 1. The van der Waals surface area contributed by atoms with Crippen molar-refractivity contribution in [3.63, 3.8) is 0 Å². The second-order valence-corrected chi connectivity index (χ2v) is 3.83. The van der Waals surface area contributed by atoms with Gasteiger partial charge in [-0.25, -0.2) is 0 Å². The molecule has 3 heteroatoms. The molecule has 2 N–H and O–H groups in total. The number of aliphatic carboxylic acids is 1. The summed E-state index contributed by atoms with van der Waals surface area (Å²) in [6.45, 7) is 7.36. The van der Waals surface area contributed by atoms with Crippen molar-refractivity contribution in [1.29, 1.82) is 0 Å². The standard InChI is InChI=1S/C14H16O3/c1-3-11-5-7-12(8-6-11)14(17)10(2)4-9-13(15)16/h3,5-8,14,17H,1-2,4,9H2,(H,15,16). The van der Waals surface area contributed by atoms with Crippen molar-refractivity contribution in [3.8, 4) is 0 Å². The quantitative estimate of drug-likeness (QED) is 0.741. The van der Waals surface area contributed by atoms with Gasteiger partial charge in [-0.3, -0.25) is 4.79 Å². The molecule has 0 fully saturated rings. The topological polar surface area (TPSA) is 57.5 Å². The van der Waals surface area contributed by atoms with Gasteiger partial charge in [0.2, 0.25) is 0 Å². The van der Waals surface area contributed by atoms with Gasteiger partial charge in [0.1, 0.15) is 0 Å². The minimum atomic E-state index is -0.889. The average molecular weight is 232 g/mol. The first-order valence-corrected chi connectivity index (χ1v) is 5.34. The van der Waals surface area contributed by atoms with Crippen LogP contribution in [0.3, 0.4) is 0 Å². The highest BCUT2D eigenvalue weighted by atomic mass is 16.4. The molecule has 0 bridgehead atoms. The lowest BCUT2D eigenvalue weighted by Gasteiger charge is -2.13. The maximum absolute atomic E-state index is 10.4. The number of hydrogen-bond acceptors (Lipinski definition) is 2. The van der Waals surface area contributed by atoms with E-state index in [4.69, 9.17) is 5.11 Å². The number of carboxylic acids is 1. The summed E-state index contributed by atoms with van der Waals surface area (Å²) >= 11 is 0. The van der Waals surface area contributed by atoms with Crippen LogP contribution in [0.1, 0.15) is 30.1 Å². The molecule has 0 amide bonds. The van der Waals surface area contributed by atoms with E-state index in [1.165, 1.54) is 0 Å². The van der Waals surface area contributed by atoms with E-state index in [1.54, 1.807) is 18.2 Å². The summed E-state index contributed by atoms with van der Waals surface area (Å²) in [4.78, 5) is 10.4. The van der Waals surface area contributed by atoms with E-state index in [-0.39, 0.29) is 12.8 Å². The summed E-state index contributed by atoms with van der Waals surface area (Å²) in [7, 11) is 0. The number of carbonyl (C=O) groups is 1. The van der Waals surface area contributed by atoms with Crippen LogP contribution in [0.4, 0.5) is 0 Å². The minimum absolute atomic E-state index is 0.0133. The molecule has 0 aliphatic carbocycles. The molecule has 0 saturated carbocycles. The number of hydrogen-bond donors (Lipinski definition) is 2. The van der Waals surface area contributed by atoms with Crippen LogP contribution in [-0.2, 0) is 4.79 Å². The number of rotatable bonds is 6. The fourth-order valence-corrected chi connectivity index (χ4v) is 1.45. The monoisotopic (exact) mass is 232 g/mol. The molecule has 3 nitrogen and oxygen atoms in total. The molecule has 90 valence electrons. The molecule has 1 aromatic rings. The lowest BCUT2D eigenvalue weighted by molar-refractivity contribution is -0.137. The summed E-state index contributed by atoms with van der Waals surface area (Å²) < 4.78 is 0. The van der Waals surface area contributed by atoms with Crippen molar-refractivity contribution in [2.24, 2.45) is 0 Å². The van der Waals surface area contributed by atoms with Gasteiger partial charge in [0.25, 0.3) is 0 Å². The SMILES string of the molecule is C=Cc1ccc(C(O)C(=C)CCC(=O)O)cc1. The zero-order valence-corrected chi connectivity index (χ0v) is 9.60. The maximum Gasteiger partial charge on any atom is 0.303 e. The molecule has 0 radical (unpaired) electrons. The summed E-state index contributed by atoms with van der Waals surface area (Å²) in [5.41, 5.74) is 2.20. The van der Waals surface area contributed by atoms with Crippen LogP contribution in [-0.4, -0.2) is 16.2 Å². The predicted molar refractivity (Wildman–Crippen MR) is 67.5 cm³/mol. The normalized spacial score (nSPS) is 11.8. The Morgan fingerprint density at radius 3 is 2.35 bits per heavy atom. The lowest BCUT2D eigenvalue weighted by atomic mass is 9.98. The van der Waals surface area contributed by atoms with E-state index in [1.807, 2.05) is 12.1 Å². The first-order chi connectivity index (χ1) is 8.04. The van der Waals surface area contributed by atoms with Gasteiger partial charge in [0, 0.05) is 6.42 Å². The van der Waals surface area contributed by atoms with Crippen LogP contribution >= 0.6 is 0 Å². The Hall–Kier alpha value is -1.87. The van der Waals surface area contributed by atoms with Gasteiger partial charge in [-0.15, -0.1) is 0 Å². The Morgan fingerprint density at radius 1 is 1.29 bits per heavy atom. The molecule has 1 aromatic carbocycles. The third kappa shape index (κ3) is 3.89. The van der Waals surface area contributed by atoms with Crippen molar-refractivity contribution in [1.82, 2.24) is 0 Å². The molecule has 0 spiro atoms. The first-order valence-electron chi connectivity index (χ1n) is 5.34. The number of aliphatic hydroxyl groups excluding tert-OH is 1. The Kier molecular flexibility index (Phi) is 4.67. The fourth-order valence-electron chi connectivity index (χ4n) is 1.45. The summed E-state index contributed by atoms with van der Waals surface area (Å²) in [5.74, 6) is -0.889. The van der Waals surface area contributed by atoms with E-state index < -0.39 is 12.1 Å². The summed E-state index contributed by atoms with van der Waals surface area (Å²) in [5, 5.41) is 18.5. The molecular formula is C14H16O3. The third-order valence-corrected chi connectivity index (χ3v) is 2.53. The van der Waals surface area contributed by atoms with E-state index in [0.717, 1.165) is 5.56 Å². The van der Waals surface area contributed by atoms with Crippen LogP contribution in [0.25, 0.3) is 6.08 Å². The molecule has 1 unspecified atom stereocenters. The van der Waals surface area contributed by atoms with Gasteiger partial charge in [-0.2, -0.15) is 0 Å². The van der Waals surface area contributed by atoms with Crippen LogP contribution in [0, 0.1) is 0 Å². The number of carboxylic acid groups (broad SMARTS) is 1. The highest BCUT2D eigenvalue weighted by Crippen LogP contribution is 2.24. The third-order valence-electron chi connectivity index (χ3n) is 2.53. The molecule has 0 aliphatic rings. The van der Waals surface area contributed by atoms with Gasteiger partial charge in [0.15, 0.2) is 0 Å². The van der Waals surface area contributed by atoms with Gasteiger partial charge in [-0.05, 0) is 23.1 Å². The van der Waals surface area contributed by atoms with E-state index >= 15 is 0 Å². The van der Waals surface area contributed by atoms with Crippen LogP contribution in [0.15, 0.2) is 43.0 Å². The highest BCUT2D eigenvalue weighted by Gasteiger charge is 2.12. The highest BCUT2D eigenvalue weighted by molar-refractivity contribution is 5.67. The minimum Gasteiger partial charge on any atom is -0.481 e. The Balaban J connectivity index is 2.67. The van der Waals surface area contributed by atoms with Gasteiger partial charge in [-0.1, -0.05) is 43.5 Å². The van der Waals surface area contributed by atoms with Crippen molar-refractivity contribution in [2.75, 3.05) is 0 Å². The molecule has 0 aliphatic heterocycles. The zero-order chi connectivity index (χ0) is 12.8.